The number of sulfonamides is 1. The van der Waals surface area contributed by atoms with Crippen molar-refractivity contribution in [2.75, 3.05) is 11.3 Å². The van der Waals surface area contributed by atoms with Gasteiger partial charge in [-0.05, 0) is 66.6 Å². The van der Waals surface area contributed by atoms with Crippen LogP contribution in [0, 0.1) is 0 Å². The van der Waals surface area contributed by atoms with E-state index in [-0.39, 0.29) is 22.7 Å². The molecule has 2 amide bonds. The van der Waals surface area contributed by atoms with E-state index in [9.17, 15) is 31.2 Å². The average Bonchev–Trinajstić information content (AvgIpc) is 2.78. The molecule has 178 valence electrons. The van der Waals surface area contributed by atoms with E-state index in [1.165, 1.54) is 30.3 Å². The Bertz CT molecular complexity index is 1310. The van der Waals surface area contributed by atoms with E-state index < -0.39 is 33.6 Å². The van der Waals surface area contributed by atoms with E-state index in [4.69, 9.17) is 5.73 Å². The molecule has 7 nitrogen and oxygen atoms in total. The van der Waals surface area contributed by atoms with E-state index >= 15 is 0 Å². The van der Waals surface area contributed by atoms with Crippen LogP contribution in [0.2, 0.25) is 0 Å². The number of nitrogens with one attached hydrogen (secondary N) is 2. The van der Waals surface area contributed by atoms with Crippen molar-refractivity contribution in [1.29, 1.82) is 0 Å². The van der Waals surface area contributed by atoms with Gasteiger partial charge in [-0.15, -0.1) is 0 Å². The number of carbonyl (C=O) groups excluding carboxylic acids is 2. The van der Waals surface area contributed by atoms with Crippen LogP contribution in [-0.2, 0) is 22.6 Å². The number of rotatable bonds is 8. The second-order valence-electron chi connectivity index (χ2n) is 7.28. The molecule has 0 bridgehead atoms. The molecule has 0 heterocycles. The van der Waals surface area contributed by atoms with E-state index in [0.717, 1.165) is 17.7 Å². The van der Waals surface area contributed by atoms with Crippen LogP contribution in [0.1, 0.15) is 31.8 Å². The Hall–Kier alpha value is -3.86. The van der Waals surface area contributed by atoms with E-state index in [1.807, 2.05) is 0 Å². The predicted octanol–water partition coefficient (Wildman–Crippen LogP) is 3.58. The van der Waals surface area contributed by atoms with Crippen LogP contribution >= 0.6 is 0 Å². The number of carbonyl (C=O) groups is 2. The fourth-order valence-corrected chi connectivity index (χ4v) is 4.11. The van der Waals surface area contributed by atoms with Crippen LogP contribution in [-0.4, -0.2) is 26.8 Å². The first kappa shape index (κ1) is 24.8. The molecule has 3 aromatic carbocycles. The molecule has 11 heteroatoms. The standard InChI is InChI=1S/C23H20F3N3O4S/c24-23(25,26)18-5-2-6-19(14-18)29-34(32,33)20-9-7-16(8-10-20)22(31)28-12-11-15-3-1-4-17(13-15)21(27)30/h1-10,13-14,29H,11-12H2,(H2,27,30)(H,28,31). The molecule has 0 unspecified atom stereocenters. The first-order valence-corrected chi connectivity index (χ1v) is 11.4. The molecule has 4 N–H and O–H groups in total. The minimum absolute atomic E-state index is 0.198. The monoisotopic (exact) mass is 491 g/mol. The highest BCUT2D eigenvalue weighted by atomic mass is 32.2. The molecule has 0 aliphatic rings. The van der Waals surface area contributed by atoms with Crippen molar-refractivity contribution in [1.82, 2.24) is 5.32 Å². The summed E-state index contributed by atoms with van der Waals surface area (Å²) in [6.07, 6.45) is -4.17. The van der Waals surface area contributed by atoms with Crippen molar-refractivity contribution in [3.05, 3.63) is 95.1 Å². The van der Waals surface area contributed by atoms with Gasteiger partial charge in [0.25, 0.3) is 15.9 Å². The fourth-order valence-electron chi connectivity index (χ4n) is 3.06. The molecule has 3 aromatic rings. The molecule has 0 radical (unpaired) electrons. The van der Waals surface area contributed by atoms with Crippen molar-refractivity contribution >= 4 is 27.5 Å². The number of alkyl halides is 3. The highest BCUT2D eigenvalue weighted by Crippen LogP contribution is 2.31. The third kappa shape index (κ3) is 6.35. The van der Waals surface area contributed by atoms with Crippen LogP contribution in [0.15, 0.2) is 77.7 Å². The lowest BCUT2D eigenvalue weighted by Crippen LogP contribution is -2.25. The summed E-state index contributed by atoms with van der Waals surface area (Å²) in [5.74, 6) is -0.996. The minimum Gasteiger partial charge on any atom is -0.366 e. The van der Waals surface area contributed by atoms with Gasteiger partial charge in [-0.1, -0.05) is 18.2 Å². The Balaban J connectivity index is 1.62. The van der Waals surface area contributed by atoms with Gasteiger partial charge in [-0.2, -0.15) is 13.2 Å². The molecule has 0 aliphatic heterocycles. The highest BCUT2D eigenvalue weighted by molar-refractivity contribution is 7.92. The van der Waals surface area contributed by atoms with Gasteiger partial charge in [-0.25, -0.2) is 8.42 Å². The SMILES string of the molecule is NC(=O)c1cccc(CCNC(=O)c2ccc(S(=O)(=O)Nc3cccc(C(F)(F)F)c3)cc2)c1. The molecule has 0 aliphatic carbocycles. The molecular formula is C23H20F3N3O4S. The number of hydrogen-bond donors (Lipinski definition) is 3. The zero-order valence-corrected chi connectivity index (χ0v) is 18.4. The number of primary amides is 1. The summed E-state index contributed by atoms with van der Waals surface area (Å²) >= 11 is 0. The summed E-state index contributed by atoms with van der Waals surface area (Å²) in [6.45, 7) is 0.262. The van der Waals surface area contributed by atoms with Crippen LogP contribution in [0.5, 0.6) is 0 Å². The van der Waals surface area contributed by atoms with Gasteiger partial charge in [0, 0.05) is 23.4 Å². The number of nitrogens with two attached hydrogens (primary N) is 1. The normalized spacial score (nSPS) is 11.6. The molecule has 0 atom stereocenters. The minimum atomic E-state index is -4.61. The van der Waals surface area contributed by atoms with E-state index in [0.29, 0.717) is 18.1 Å². The fraction of sp³-hybridized carbons (Fsp3) is 0.130. The van der Waals surface area contributed by atoms with E-state index in [2.05, 4.69) is 10.0 Å². The Labute approximate surface area is 193 Å². The summed E-state index contributed by atoms with van der Waals surface area (Å²) in [5, 5.41) is 2.69. The molecular weight excluding hydrogens is 471 g/mol. The Morgan fingerprint density at radius 1 is 0.882 bits per heavy atom. The molecule has 0 saturated heterocycles. The van der Waals surface area contributed by atoms with Gasteiger partial charge in [0.1, 0.15) is 0 Å². The Morgan fingerprint density at radius 3 is 2.21 bits per heavy atom. The van der Waals surface area contributed by atoms with Crippen molar-refractivity contribution in [2.45, 2.75) is 17.5 Å². The Kier molecular flexibility index (Phi) is 7.26. The van der Waals surface area contributed by atoms with Gasteiger partial charge >= 0.3 is 6.18 Å². The molecule has 34 heavy (non-hydrogen) atoms. The van der Waals surface area contributed by atoms with Gasteiger partial charge in [0.05, 0.1) is 10.5 Å². The number of halogens is 3. The summed E-state index contributed by atoms with van der Waals surface area (Å²) in [4.78, 5) is 23.4. The highest BCUT2D eigenvalue weighted by Gasteiger charge is 2.30. The molecule has 0 aromatic heterocycles. The summed E-state index contributed by atoms with van der Waals surface area (Å²) in [6, 6.07) is 15.5. The lowest BCUT2D eigenvalue weighted by atomic mass is 10.1. The average molecular weight is 491 g/mol. The topological polar surface area (TPSA) is 118 Å². The maximum Gasteiger partial charge on any atom is 0.416 e. The van der Waals surface area contributed by atoms with Crippen LogP contribution in [0.25, 0.3) is 0 Å². The second-order valence-corrected chi connectivity index (χ2v) is 8.96. The quantitative estimate of drug-likeness (QED) is 0.446. The van der Waals surface area contributed by atoms with Crippen molar-refractivity contribution in [3.8, 4) is 0 Å². The van der Waals surface area contributed by atoms with E-state index in [1.54, 1.807) is 24.3 Å². The second kappa shape index (κ2) is 9.96. The smallest absolute Gasteiger partial charge is 0.366 e. The van der Waals surface area contributed by atoms with Gasteiger partial charge in [0.2, 0.25) is 5.91 Å². The van der Waals surface area contributed by atoms with Crippen molar-refractivity contribution in [2.24, 2.45) is 5.73 Å². The number of benzene rings is 3. The van der Waals surface area contributed by atoms with Crippen molar-refractivity contribution < 1.29 is 31.2 Å². The molecule has 0 fully saturated rings. The molecule has 0 saturated carbocycles. The summed E-state index contributed by atoms with van der Waals surface area (Å²) in [5.41, 5.74) is 5.38. The first-order valence-electron chi connectivity index (χ1n) is 9.93. The van der Waals surface area contributed by atoms with Gasteiger partial charge in [-0.3, -0.25) is 14.3 Å². The number of hydrogen-bond acceptors (Lipinski definition) is 4. The first-order chi connectivity index (χ1) is 16.0. The molecule has 3 rings (SSSR count). The third-order valence-corrected chi connectivity index (χ3v) is 6.18. The number of anilines is 1. The van der Waals surface area contributed by atoms with Crippen LogP contribution in [0.3, 0.4) is 0 Å². The van der Waals surface area contributed by atoms with Crippen LogP contribution < -0.4 is 15.8 Å². The van der Waals surface area contributed by atoms with Gasteiger partial charge < -0.3 is 11.1 Å². The lowest BCUT2D eigenvalue weighted by Gasteiger charge is -2.12. The Morgan fingerprint density at radius 2 is 1.56 bits per heavy atom. The van der Waals surface area contributed by atoms with Crippen molar-refractivity contribution in [3.63, 3.8) is 0 Å². The zero-order chi connectivity index (χ0) is 24.9. The lowest BCUT2D eigenvalue weighted by molar-refractivity contribution is -0.137. The van der Waals surface area contributed by atoms with Crippen LogP contribution in [0.4, 0.5) is 18.9 Å². The summed E-state index contributed by atoms with van der Waals surface area (Å²) < 4.78 is 65.7. The van der Waals surface area contributed by atoms with Gasteiger partial charge in [0.15, 0.2) is 0 Å². The zero-order valence-electron chi connectivity index (χ0n) is 17.6. The summed E-state index contributed by atoms with van der Waals surface area (Å²) in [7, 11) is -4.17. The predicted molar refractivity (Wildman–Crippen MR) is 120 cm³/mol. The third-order valence-electron chi connectivity index (χ3n) is 4.78. The largest absolute Gasteiger partial charge is 0.416 e. The number of amides is 2. The maximum atomic E-state index is 12.8. The molecule has 0 spiro atoms. The maximum absolute atomic E-state index is 12.8.